The second-order valence-electron chi connectivity index (χ2n) is 12.2. The van der Waals surface area contributed by atoms with Crippen LogP contribution in [0.25, 0.3) is 11.0 Å². The van der Waals surface area contributed by atoms with Crippen molar-refractivity contribution in [2.45, 2.75) is 50.4 Å². The normalized spacial score (nSPS) is 25.5. The second-order valence-corrected chi connectivity index (χ2v) is 12.7. The number of nitrogens with zero attached hydrogens (tertiary/aromatic N) is 5. The van der Waals surface area contributed by atoms with Gasteiger partial charge in [-0.15, -0.1) is 0 Å². The summed E-state index contributed by atoms with van der Waals surface area (Å²) in [5, 5.41) is 10.3. The molecule has 0 spiro atoms. The van der Waals surface area contributed by atoms with E-state index in [1.54, 1.807) is 18.3 Å². The van der Waals surface area contributed by atoms with E-state index in [1.165, 1.54) is 13.2 Å². The highest BCUT2D eigenvalue weighted by molar-refractivity contribution is 6.30. The van der Waals surface area contributed by atoms with Crippen molar-refractivity contribution >= 4 is 34.3 Å². The Morgan fingerprint density at radius 3 is 2.74 bits per heavy atom. The van der Waals surface area contributed by atoms with E-state index in [1.807, 2.05) is 25.1 Å². The van der Waals surface area contributed by atoms with Crippen LogP contribution in [0.15, 0.2) is 48.7 Å². The van der Waals surface area contributed by atoms with E-state index in [-0.39, 0.29) is 23.8 Å². The Labute approximate surface area is 270 Å². The summed E-state index contributed by atoms with van der Waals surface area (Å²) in [6.07, 6.45) is 2.60. The van der Waals surface area contributed by atoms with Crippen LogP contribution in [0.3, 0.4) is 0 Å². The minimum absolute atomic E-state index is 0.0613. The monoisotopic (exact) mass is 647 g/mol. The molecule has 6 heterocycles. The number of aromatic carboxylic acids is 1. The number of imidazole rings is 1. The zero-order chi connectivity index (χ0) is 31.6. The standard InChI is InChI=1S/C33H34ClN5O7/c1-33(28-7-6-20(34)14-35-28)45-26-5-3-4-22(31(26)46-33)38-10-9-37(24-17-43-18-25(24)38)16-29-36-30-23(39(29)15-21-8-11-44-21)12-19(32(40)41)13-27(30)42-2/h3-7,12-14,21,24-25H,8-11,15-18H2,1-2H3,(H,40,41)/t21-,24+,25-,33-/m0/s1. The minimum atomic E-state index is -1.08. The van der Waals surface area contributed by atoms with Gasteiger partial charge in [0, 0.05) is 32.8 Å². The number of carbonyl (C=O) groups is 1. The molecule has 8 rings (SSSR count). The molecular weight excluding hydrogens is 614 g/mol. The fourth-order valence-corrected chi connectivity index (χ4v) is 7.10. The Balaban J connectivity index is 1.08. The first-order chi connectivity index (χ1) is 22.3. The first-order valence-corrected chi connectivity index (χ1v) is 15.8. The molecule has 2 aromatic heterocycles. The van der Waals surface area contributed by atoms with Crippen LogP contribution in [0.5, 0.6) is 17.2 Å². The fraction of sp³-hybridized carbons (Fsp3) is 0.424. The van der Waals surface area contributed by atoms with Crippen LogP contribution in [-0.2, 0) is 28.4 Å². The van der Waals surface area contributed by atoms with Crippen LogP contribution in [-0.4, -0.2) is 88.7 Å². The van der Waals surface area contributed by atoms with Crippen molar-refractivity contribution < 1.29 is 33.6 Å². The molecule has 0 bridgehead atoms. The molecular formula is C33H34ClN5O7. The van der Waals surface area contributed by atoms with Gasteiger partial charge in [-0.25, -0.2) is 9.78 Å². The molecule has 0 radical (unpaired) electrons. The summed E-state index contributed by atoms with van der Waals surface area (Å²) >= 11 is 6.08. The number of halogens is 1. The average molecular weight is 648 g/mol. The molecule has 12 nitrogen and oxygen atoms in total. The molecule has 1 N–H and O–H groups in total. The molecule has 4 aliphatic rings. The van der Waals surface area contributed by atoms with E-state index in [4.69, 9.17) is 40.3 Å². The predicted molar refractivity (Wildman–Crippen MR) is 168 cm³/mol. The Kier molecular flexibility index (Phi) is 7.20. The lowest BCUT2D eigenvalue weighted by atomic mass is 10.0. The van der Waals surface area contributed by atoms with Crippen molar-refractivity contribution in [3.8, 4) is 17.2 Å². The van der Waals surface area contributed by atoms with Crippen molar-refractivity contribution in [3.63, 3.8) is 0 Å². The molecule has 13 heteroatoms. The summed E-state index contributed by atoms with van der Waals surface area (Å²) in [5.41, 5.74) is 3.13. The smallest absolute Gasteiger partial charge is 0.335 e. The summed E-state index contributed by atoms with van der Waals surface area (Å²) in [6, 6.07) is 12.9. The lowest BCUT2D eigenvalue weighted by molar-refractivity contribution is -0.0716. The first kappa shape index (κ1) is 29.3. The van der Waals surface area contributed by atoms with Gasteiger partial charge in [-0.05, 0) is 42.8 Å². The molecule has 4 aromatic rings. The topological polar surface area (TPSA) is 121 Å². The van der Waals surface area contributed by atoms with Crippen LogP contribution in [0.1, 0.15) is 35.2 Å². The maximum absolute atomic E-state index is 11.9. The summed E-state index contributed by atoms with van der Waals surface area (Å²) in [5.74, 6) is 0.538. The van der Waals surface area contributed by atoms with Crippen molar-refractivity contribution in [1.29, 1.82) is 0 Å². The number of ether oxygens (including phenoxy) is 5. The lowest BCUT2D eigenvalue weighted by Gasteiger charge is -2.44. The number of hydrogen-bond donors (Lipinski definition) is 1. The number of carboxylic acids is 1. The molecule has 0 amide bonds. The lowest BCUT2D eigenvalue weighted by Crippen LogP contribution is -2.59. The maximum Gasteiger partial charge on any atom is 0.335 e. The van der Waals surface area contributed by atoms with Crippen molar-refractivity contribution in [1.82, 2.24) is 19.4 Å². The minimum Gasteiger partial charge on any atom is -0.494 e. The number of rotatable bonds is 8. The fourth-order valence-electron chi connectivity index (χ4n) is 6.99. The van der Waals surface area contributed by atoms with Gasteiger partial charge in [-0.2, -0.15) is 0 Å². The summed E-state index contributed by atoms with van der Waals surface area (Å²) < 4.78 is 32.4. The van der Waals surface area contributed by atoms with Crippen LogP contribution < -0.4 is 19.1 Å². The molecule has 0 aliphatic carbocycles. The van der Waals surface area contributed by atoms with E-state index < -0.39 is 11.8 Å². The van der Waals surface area contributed by atoms with Crippen molar-refractivity contribution in [3.05, 3.63) is 70.8 Å². The second kappa shape index (κ2) is 11.3. The average Bonchev–Trinajstić information content (AvgIpc) is 3.74. The highest BCUT2D eigenvalue weighted by Gasteiger charge is 2.46. The molecule has 0 saturated carbocycles. The summed E-state index contributed by atoms with van der Waals surface area (Å²) in [4.78, 5) is 26.2. The van der Waals surface area contributed by atoms with E-state index >= 15 is 0 Å². The number of carboxylic acid groups (broad SMARTS) is 1. The molecule has 0 unspecified atom stereocenters. The molecule has 4 atom stereocenters. The number of methoxy groups -OCH3 is 1. The van der Waals surface area contributed by atoms with Crippen molar-refractivity contribution in [2.24, 2.45) is 0 Å². The third-order valence-electron chi connectivity index (χ3n) is 9.47. The van der Waals surface area contributed by atoms with Gasteiger partial charge in [0.1, 0.15) is 22.8 Å². The molecule has 46 heavy (non-hydrogen) atoms. The van der Waals surface area contributed by atoms with Crippen LogP contribution in [0.2, 0.25) is 5.02 Å². The van der Waals surface area contributed by atoms with Gasteiger partial charge in [0.15, 0.2) is 11.5 Å². The van der Waals surface area contributed by atoms with Gasteiger partial charge in [0.25, 0.3) is 5.79 Å². The highest BCUT2D eigenvalue weighted by Crippen LogP contribution is 2.50. The number of aromatic nitrogens is 3. The number of fused-ring (bicyclic) bond motifs is 3. The Bertz CT molecular complexity index is 1810. The number of hydrogen-bond acceptors (Lipinski definition) is 10. The third-order valence-corrected chi connectivity index (χ3v) is 9.69. The van der Waals surface area contributed by atoms with E-state index in [0.717, 1.165) is 43.1 Å². The van der Waals surface area contributed by atoms with Gasteiger partial charge in [0.2, 0.25) is 0 Å². The number of pyridine rings is 1. The highest BCUT2D eigenvalue weighted by atomic mass is 35.5. The van der Waals surface area contributed by atoms with Gasteiger partial charge >= 0.3 is 5.97 Å². The van der Waals surface area contributed by atoms with Crippen molar-refractivity contribution in [2.75, 3.05) is 44.9 Å². The summed E-state index contributed by atoms with van der Waals surface area (Å²) in [6.45, 7) is 6.40. The first-order valence-electron chi connectivity index (χ1n) is 15.4. The van der Waals surface area contributed by atoms with Gasteiger partial charge < -0.3 is 38.3 Å². The quantitative estimate of drug-likeness (QED) is 0.294. The van der Waals surface area contributed by atoms with Crippen LogP contribution >= 0.6 is 11.6 Å². The Hall–Kier alpha value is -4.10. The zero-order valence-electron chi connectivity index (χ0n) is 25.5. The number of anilines is 1. The summed E-state index contributed by atoms with van der Waals surface area (Å²) in [7, 11) is 1.54. The van der Waals surface area contributed by atoms with E-state index in [0.29, 0.717) is 59.8 Å². The number of benzene rings is 2. The van der Waals surface area contributed by atoms with Crippen LogP contribution in [0, 0.1) is 0 Å². The van der Waals surface area contributed by atoms with Gasteiger partial charge in [-0.1, -0.05) is 17.7 Å². The molecule has 2 aromatic carbocycles. The third kappa shape index (κ3) is 4.91. The maximum atomic E-state index is 11.9. The number of para-hydroxylation sites is 1. The van der Waals surface area contributed by atoms with Crippen LogP contribution in [0.4, 0.5) is 5.69 Å². The van der Waals surface area contributed by atoms with Gasteiger partial charge in [0.05, 0.1) is 73.4 Å². The van der Waals surface area contributed by atoms with Gasteiger partial charge in [-0.3, -0.25) is 9.88 Å². The SMILES string of the molecule is COc1cc(C(=O)O)cc2c1nc(CN1CCN(c3cccc4c3O[C@@](C)(c3ccc(Cl)cn3)O4)[C@H]3COC[C@H]31)n2C[C@@H]1CCO1. The molecule has 240 valence electrons. The van der Waals surface area contributed by atoms with E-state index in [9.17, 15) is 9.90 Å². The molecule has 3 saturated heterocycles. The Morgan fingerprint density at radius 2 is 2.00 bits per heavy atom. The van der Waals surface area contributed by atoms with E-state index in [2.05, 4.69) is 25.4 Å². The predicted octanol–water partition coefficient (Wildman–Crippen LogP) is 4.31. The Morgan fingerprint density at radius 1 is 1.15 bits per heavy atom. The number of piperazine rings is 1. The molecule has 4 aliphatic heterocycles. The molecule has 3 fully saturated rings. The zero-order valence-corrected chi connectivity index (χ0v) is 26.3. The largest absolute Gasteiger partial charge is 0.494 e.